The largest absolute Gasteiger partial charge is 0.370 e. The van der Waals surface area contributed by atoms with E-state index in [4.69, 9.17) is 10.5 Å². The number of halogens is 2. The van der Waals surface area contributed by atoms with Crippen molar-refractivity contribution >= 4 is 35.6 Å². The molecule has 112 valence electrons. The van der Waals surface area contributed by atoms with Gasteiger partial charge in [-0.3, -0.25) is 9.59 Å². The summed E-state index contributed by atoms with van der Waals surface area (Å²) in [7, 11) is 1.37. The van der Waals surface area contributed by atoms with E-state index in [9.17, 15) is 14.0 Å². The van der Waals surface area contributed by atoms with E-state index in [0.717, 1.165) is 6.07 Å². The Morgan fingerprint density at radius 1 is 1.40 bits per heavy atom. The second-order valence-electron chi connectivity index (χ2n) is 3.83. The van der Waals surface area contributed by atoms with E-state index in [2.05, 4.69) is 10.6 Å². The van der Waals surface area contributed by atoms with Crippen LogP contribution < -0.4 is 16.4 Å². The van der Waals surface area contributed by atoms with Gasteiger partial charge in [0.15, 0.2) is 0 Å². The van der Waals surface area contributed by atoms with Crippen molar-refractivity contribution in [1.29, 1.82) is 0 Å². The lowest BCUT2D eigenvalue weighted by Crippen LogP contribution is -2.35. The van der Waals surface area contributed by atoms with E-state index in [-0.39, 0.29) is 24.6 Å². The van der Waals surface area contributed by atoms with Crippen molar-refractivity contribution in [3.8, 4) is 0 Å². The quantitative estimate of drug-likeness (QED) is 0.760. The third kappa shape index (κ3) is 5.12. The summed E-state index contributed by atoms with van der Waals surface area (Å²) in [6, 6.07) is 3.84. The number of ether oxygens (including phenoxy) is 1. The van der Waals surface area contributed by atoms with Crippen LogP contribution in [0, 0.1) is 5.82 Å². The number of nitrogens with two attached hydrogens (primary N) is 1. The maximum atomic E-state index is 13.4. The zero-order valence-corrected chi connectivity index (χ0v) is 11.9. The lowest BCUT2D eigenvalue weighted by molar-refractivity contribution is -0.125. The molecule has 1 aromatic rings. The van der Waals surface area contributed by atoms with Gasteiger partial charge in [0.2, 0.25) is 5.91 Å². The van der Waals surface area contributed by atoms with Crippen molar-refractivity contribution in [2.75, 3.05) is 24.3 Å². The van der Waals surface area contributed by atoms with Crippen molar-refractivity contribution in [3.05, 3.63) is 24.0 Å². The summed E-state index contributed by atoms with van der Waals surface area (Å²) >= 11 is 0. The van der Waals surface area contributed by atoms with Crippen LogP contribution in [-0.4, -0.2) is 31.6 Å². The Morgan fingerprint density at radius 3 is 2.55 bits per heavy atom. The molecule has 0 saturated heterocycles. The molecule has 0 bridgehead atoms. The molecule has 0 aliphatic carbocycles. The highest BCUT2D eigenvalue weighted by Gasteiger charge is 2.16. The van der Waals surface area contributed by atoms with E-state index in [1.54, 1.807) is 0 Å². The molecule has 0 fully saturated rings. The molecule has 8 heteroatoms. The third-order valence-electron chi connectivity index (χ3n) is 2.34. The lowest BCUT2D eigenvalue weighted by Gasteiger charge is -2.14. The van der Waals surface area contributed by atoms with E-state index in [1.165, 1.54) is 26.2 Å². The number of amides is 2. The SMILES string of the molecule is COC(CN)C(=O)Nc1ccc(F)c(NC(C)=O)c1.Cl. The molecule has 0 spiro atoms. The highest BCUT2D eigenvalue weighted by Crippen LogP contribution is 2.19. The summed E-state index contributed by atoms with van der Waals surface area (Å²) in [5, 5.41) is 4.85. The molecule has 4 N–H and O–H groups in total. The van der Waals surface area contributed by atoms with Gasteiger partial charge >= 0.3 is 0 Å². The molecule has 0 aromatic heterocycles. The Morgan fingerprint density at radius 2 is 2.05 bits per heavy atom. The average Bonchev–Trinajstić information content (AvgIpc) is 2.34. The van der Waals surface area contributed by atoms with Gasteiger partial charge in [-0.2, -0.15) is 0 Å². The molecule has 1 atom stereocenters. The smallest absolute Gasteiger partial charge is 0.254 e. The van der Waals surface area contributed by atoms with Crippen molar-refractivity contribution in [2.24, 2.45) is 5.73 Å². The molecule has 2 amide bonds. The number of carbonyl (C=O) groups excluding carboxylic acids is 2. The Balaban J connectivity index is 0.00000361. The normalized spacial score (nSPS) is 11.2. The minimum absolute atomic E-state index is 0. The third-order valence-corrected chi connectivity index (χ3v) is 2.34. The predicted molar refractivity (Wildman–Crippen MR) is 76.4 cm³/mol. The van der Waals surface area contributed by atoms with E-state index in [1.807, 2.05) is 0 Å². The average molecular weight is 306 g/mol. The van der Waals surface area contributed by atoms with Gasteiger partial charge in [0, 0.05) is 26.3 Å². The fraction of sp³-hybridized carbons (Fsp3) is 0.333. The predicted octanol–water partition coefficient (Wildman–Crippen LogP) is 1.12. The monoisotopic (exact) mass is 305 g/mol. The maximum Gasteiger partial charge on any atom is 0.254 e. The Kier molecular flexibility index (Phi) is 7.75. The first kappa shape index (κ1) is 18.3. The number of rotatable bonds is 5. The molecule has 20 heavy (non-hydrogen) atoms. The minimum atomic E-state index is -0.783. The highest BCUT2D eigenvalue weighted by molar-refractivity contribution is 5.95. The number of carbonyl (C=O) groups is 2. The number of nitrogens with one attached hydrogen (secondary N) is 2. The van der Waals surface area contributed by atoms with Gasteiger partial charge in [-0.25, -0.2) is 4.39 Å². The molecular weight excluding hydrogens is 289 g/mol. The topological polar surface area (TPSA) is 93.4 Å². The summed E-state index contributed by atoms with van der Waals surface area (Å²) < 4.78 is 18.3. The summed E-state index contributed by atoms with van der Waals surface area (Å²) in [5.74, 6) is -1.43. The number of hydrogen-bond acceptors (Lipinski definition) is 4. The molecule has 0 heterocycles. The Bertz CT molecular complexity index is 481. The molecular formula is C12H17ClFN3O3. The summed E-state index contributed by atoms with van der Waals surface area (Å²) in [6.07, 6.45) is -0.783. The van der Waals surface area contributed by atoms with Gasteiger partial charge in [-0.05, 0) is 18.2 Å². The zero-order chi connectivity index (χ0) is 14.4. The molecule has 1 aromatic carbocycles. The second-order valence-corrected chi connectivity index (χ2v) is 3.83. The summed E-state index contributed by atoms with van der Waals surface area (Å²) in [5.41, 5.74) is 5.69. The second kappa shape index (κ2) is 8.47. The first-order chi connectivity index (χ1) is 8.97. The van der Waals surface area contributed by atoms with E-state index < -0.39 is 23.7 Å². The van der Waals surface area contributed by atoms with Crippen LogP contribution in [0.2, 0.25) is 0 Å². The zero-order valence-electron chi connectivity index (χ0n) is 11.1. The molecule has 0 aliphatic rings. The van der Waals surface area contributed by atoms with Crippen LogP contribution in [0.5, 0.6) is 0 Å². The fourth-order valence-electron chi connectivity index (χ4n) is 1.42. The number of anilines is 2. The lowest BCUT2D eigenvalue weighted by atomic mass is 10.2. The van der Waals surface area contributed by atoms with Gasteiger partial charge < -0.3 is 21.1 Å². The van der Waals surface area contributed by atoms with Gasteiger partial charge in [0.05, 0.1) is 5.69 Å². The van der Waals surface area contributed by atoms with E-state index in [0.29, 0.717) is 5.69 Å². The molecule has 0 saturated carbocycles. The van der Waals surface area contributed by atoms with Crippen LogP contribution in [-0.2, 0) is 14.3 Å². The van der Waals surface area contributed by atoms with Crippen LogP contribution in [0.25, 0.3) is 0 Å². The molecule has 6 nitrogen and oxygen atoms in total. The maximum absolute atomic E-state index is 13.4. The summed E-state index contributed by atoms with van der Waals surface area (Å²) in [4.78, 5) is 22.6. The van der Waals surface area contributed by atoms with Crippen molar-refractivity contribution in [1.82, 2.24) is 0 Å². The number of hydrogen-bond donors (Lipinski definition) is 3. The van der Waals surface area contributed by atoms with Crippen LogP contribution in [0.15, 0.2) is 18.2 Å². The number of benzene rings is 1. The first-order valence-corrected chi connectivity index (χ1v) is 5.58. The van der Waals surface area contributed by atoms with E-state index >= 15 is 0 Å². The molecule has 0 radical (unpaired) electrons. The number of methoxy groups -OCH3 is 1. The summed E-state index contributed by atoms with van der Waals surface area (Å²) in [6.45, 7) is 1.29. The van der Waals surface area contributed by atoms with Crippen LogP contribution >= 0.6 is 12.4 Å². The van der Waals surface area contributed by atoms with Crippen molar-refractivity contribution in [3.63, 3.8) is 0 Å². The van der Waals surface area contributed by atoms with Crippen LogP contribution in [0.1, 0.15) is 6.92 Å². The highest BCUT2D eigenvalue weighted by atomic mass is 35.5. The molecule has 0 aliphatic heterocycles. The van der Waals surface area contributed by atoms with Gasteiger partial charge in [-0.15, -0.1) is 12.4 Å². The standard InChI is InChI=1S/C12H16FN3O3.ClH/c1-7(17)15-10-5-8(3-4-9(10)13)16-12(18)11(6-14)19-2;/h3-5,11H,6,14H2,1-2H3,(H,15,17)(H,16,18);1H. The molecule has 1 unspecified atom stereocenters. The van der Waals surface area contributed by atoms with Crippen LogP contribution in [0.4, 0.5) is 15.8 Å². The fourth-order valence-corrected chi connectivity index (χ4v) is 1.42. The molecule has 1 rings (SSSR count). The van der Waals surface area contributed by atoms with Gasteiger partial charge in [-0.1, -0.05) is 0 Å². The van der Waals surface area contributed by atoms with Crippen LogP contribution in [0.3, 0.4) is 0 Å². The first-order valence-electron chi connectivity index (χ1n) is 5.58. The van der Waals surface area contributed by atoms with Crippen molar-refractivity contribution < 1.29 is 18.7 Å². The Hall–Kier alpha value is -1.70. The Labute approximate surface area is 122 Å². The minimum Gasteiger partial charge on any atom is -0.370 e. The van der Waals surface area contributed by atoms with Gasteiger partial charge in [0.1, 0.15) is 11.9 Å². The van der Waals surface area contributed by atoms with Gasteiger partial charge in [0.25, 0.3) is 5.91 Å². The van der Waals surface area contributed by atoms with Crippen molar-refractivity contribution in [2.45, 2.75) is 13.0 Å².